The van der Waals surface area contributed by atoms with Gasteiger partial charge in [0.2, 0.25) is 28.6 Å². The van der Waals surface area contributed by atoms with Crippen LogP contribution in [0.3, 0.4) is 0 Å². The lowest BCUT2D eigenvalue weighted by Crippen LogP contribution is -2.54. The van der Waals surface area contributed by atoms with Crippen molar-refractivity contribution in [2.24, 2.45) is 0 Å². The van der Waals surface area contributed by atoms with Crippen molar-refractivity contribution in [3.63, 3.8) is 0 Å². The van der Waals surface area contributed by atoms with Crippen LogP contribution >= 0.6 is 0 Å². The zero-order valence-corrected chi connectivity index (χ0v) is 22.9. The number of carbonyl (C=O) groups is 2. The van der Waals surface area contributed by atoms with E-state index in [1.54, 1.807) is 50.4 Å². The number of nitrogens with zero attached hydrogens (tertiary/aromatic N) is 2. The zero-order chi connectivity index (χ0) is 27.4. The van der Waals surface area contributed by atoms with Gasteiger partial charge < -0.3 is 24.4 Å². The Bertz CT molecular complexity index is 1220. The Morgan fingerprint density at radius 2 is 1.73 bits per heavy atom. The first-order chi connectivity index (χ1) is 17.3. The summed E-state index contributed by atoms with van der Waals surface area (Å²) in [7, 11) is -2.29. The van der Waals surface area contributed by atoms with Gasteiger partial charge in [0.15, 0.2) is 11.5 Å². The second-order valence-corrected chi connectivity index (χ2v) is 11.9. The molecule has 0 spiro atoms. The minimum Gasteiger partial charge on any atom is -0.497 e. The van der Waals surface area contributed by atoms with E-state index in [9.17, 15) is 18.0 Å². The standard InChI is InChI=1S/C26H35N3O7S/c1-7-37(32,33)29(20-10-13-22-23(14-20)36-17-35-22)16-24(30)28(18(2)25(31)27-26(3,4)5)15-19-8-11-21(34-6)12-9-19/h8-14,18H,7,15-17H2,1-6H3,(H,27,31)/t18-/m0/s1. The van der Waals surface area contributed by atoms with Crippen molar-refractivity contribution in [2.45, 2.75) is 52.7 Å². The van der Waals surface area contributed by atoms with Crippen LogP contribution in [0.5, 0.6) is 17.2 Å². The third kappa shape index (κ3) is 7.06. The highest BCUT2D eigenvalue weighted by Gasteiger charge is 2.32. The summed E-state index contributed by atoms with van der Waals surface area (Å²) in [6.45, 7) is 8.33. The predicted molar refractivity (Wildman–Crippen MR) is 140 cm³/mol. The smallest absolute Gasteiger partial charge is 0.244 e. The molecule has 0 fully saturated rings. The Morgan fingerprint density at radius 3 is 2.32 bits per heavy atom. The van der Waals surface area contributed by atoms with Crippen molar-refractivity contribution in [1.29, 1.82) is 0 Å². The lowest BCUT2D eigenvalue weighted by Gasteiger charge is -2.33. The minimum absolute atomic E-state index is 0.0360. The summed E-state index contributed by atoms with van der Waals surface area (Å²) < 4.78 is 43.1. The molecule has 0 unspecified atom stereocenters. The maximum absolute atomic E-state index is 13.7. The summed E-state index contributed by atoms with van der Waals surface area (Å²) >= 11 is 0. The van der Waals surface area contributed by atoms with Crippen LogP contribution in [0.1, 0.15) is 40.2 Å². The fraction of sp³-hybridized carbons (Fsp3) is 0.462. The lowest BCUT2D eigenvalue weighted by atomic mass is 10.1. The zero-order valence-electron chi connectivity index (χ0n) is 22.1. The van der Waals surface area contributed by atoms with E-state index in [1.165, 1.54) is 17.9 Å². The van der Waals surface area contributed by atoms with Gasteiger partial charge in [-0.05, 0) is 64.4 Å². The van der Waals surface area contributed by atoms with Crippen LogP contribution in [0.25, 0.3) is 0 Å². The first kappa shape index (κ1) is 28.1. The number of benzene rings is 2. The maximum atomic E-state index is 13.7. The van der Waals surface area contributed by atoms with Gasteiger partial charge in [-0.3, -0.25) is 13.9 Å². The summed E-state index contributed by atoms with van der Waals surface area (Å²) in [5.74, 6) is 0.465. The van der Waals surface area contributed by atoms with Gasteiger partial charge in [0.1, 0.15) is 18.3 Å². The van der Waals surface area contributed by atoms with Crippen molar-refractivity contribution < 1.29 is 32.2 Å². The molecular formula is C26H35N3O7S. The number of carbonyl (C=O) groups excluding carboxylic acids is 2. The predicted octanol–water partition coefficient (Wildman–Crippen LogP) is 2.91. The molecule has 2 amide bonds. The highest BCUT2D eigenvalue weighted by Crippen LogP contribution is 2.36. The van der Waals surface area contributed by atoms with Gasteiger partial charge in [0, 0.05) is 18.2 Å². The second kappa shape index (κ2) is 11.3. The monoisotopic (exact) mass is 533 g/mol. The molecule has 1 N–H and O–H groups in total. The first-order valence-electron chi connectivity index (χ1n) is 12.0. The van der Waals surface area contributed by atoms with Gasteiger partial charge in [0.25, 0.3) is 0 Å². The molecular weight excluding hydrogens is 498 g/mol. The summed E-state index contributed by atoms with van der Waals surface area (Å²) in [4.78, 5) is 28.1. The Balaban J connectivity index is 1.94. The van der Waals surface area contributed by atoms with Crippen LogP contribution in [0.4, 0.5) is 5.69 Å². The van der Waals surface area contributed by atoms with Gasteiger partial charge in [0.05, 0.1) is 18.6 Å². The molecule has 0 saturated carbocycles. The van der Waals surface area contributed by atoms with Gasteiger partial charge in [-0.2, -0.15) is 0 Å². The Hall–Kier alpha value is -3.47. The number of rotatable bonds is 10. The largest absolute Gasteiger partial charge is 0.497 e. The molecule has 0 aromatic heterocycles. The van der Waals surface area contributed by atoms with Gasteiger partial charge >= 0.3 is 0 Å². The third-order valence-electron chi connectivity index (χ3n) is 5.80. The van der Waals surface area contributed by atoms with Crippen molar-refractivity contribution in [3.05, 3.63) is 48.0 Å². The normalized spacial score (nSPS) is 13.6. The molecule has 0 bridgehead atoms. The minimum atomic E-state index is -3.84. The highest BCUT2D eigenvalue weighted by atomic mass is 32.2. The number of methoxy groups -OCH3 is 1. The molecule has 1 aliphatic rings. The van der Waals surface area contributed by atoms with E-state index in [0.717, 1.165) is 9.87 Å². The van der Waals surface area contributed by atoms with E-state index in [-0.39, 0.29) is 30.7 Å². The SMILES string of the molecule is CCS(=O)(=O)N(CC(=O)N(Cc1ccc(OC)cc1)[C@@H](C)C(=O)NC(C)(C)C)c1ccc2c(c1)OCO2. The quantitative estimate of drug-likeness (QED) is 0.499. The summed E-state index contributed by atoms with van der Waals surface area (Å²) in [6.07, 6.45) is 0. The summed E-state index contributed by atoms with van der Waals surface area (Å²) in [6, 6.07) is 11.0. The average molecular weight is 534 g/mol. The van der Waals surface area contributed by atoms with E-state index in [1.807, 2.05) is 20.8 Å². The number of hydrogen-bond donors (Lipinski definition) is 1. The molecule has 1 aliphatic heterocycles. The van der Waals surface area contributed by atoms with Crippen LogP contribution < -0.4 is 23.8 Å². The molecule has 2 aromatic carbocycles. The number of ether oxygens (including phenoxy) is 3. The molecule has 2 aromatic rings. The lowest BCUT2D eigenvalue weighted by molar-refractivity contribution is -0.140. The topological polar surface area (TPSA) is 114 Å². The van der Waals surface area contributed by atoms with Gasteiger partial charge in [-0.25, -0.2) is 8.42 Å². The van der Waals surface area contributed by atoms with Crippen LogP contribution in [-0.2, 0) is 26.2 Å². The maximum Gasteiger partial charge on any atom is 0.244 e. The van der Waals surface area contributed by atoms with E-state index in [0.29, 0.717) is 17.2 Å². The van der Waals surface area contributed by atoms with Crippen molar-refractivity contribution in [1.82, 2.24) is 10.2 Å². The van der Waals surface area contributed by atoms with Crippen molar-refractivity contribution in [3.8, 4) is 17.2 Å². The highest BCUT2D eigenvalue weighted by molar-refractivity contribution is 7.92. The molecule has 0 aliphatic carbocycles. The molecule has 1 atom stereocenters. The molecule has 0 radical (unpaired) electrons. The Morgan fingerprint density at radius 1 is 1.08 bits per heavy atom. The van der Waals surface area contributed by atoms with E-state index in [4.69, 9.17) is 14.2 Å². The first-order valence-corrected chi connectivity index (χ1v) is 13.6. The number of hydrogen-bond acceptors (Lipinski definition) is 7. The number of nitrogens with one attached hydrogen (secondary N) is 1. The molecule has 0 saturated heterocycles. The van der Waals surface area contributed by atoms with Crippen LogP contribution in [-0.4, -0.2) is 62.9 Å². The van der Waals surface area contributed by atoms with Gasteiger partial charge in [-0.15, -0.1) is 0 Å². The molecule has 3 rings (SSSR count). The molecule has 11 heteroatoms. The summed E-state index contributed by atoms with van der Waals surface area (Å²) in [5.41, 5.74) is 0.526. The van der Waals surface area contributed by atoms with Crippen molar-refractivity contribution in [2.75, 3.05) is 30.5 Å². The van der Waals surface area contributed by atoms with E-state index >= 15 is 0 Å². The van der Waals surface area contributed by atoms with Crippen LogP contribution in [0.2, 0.25) is 0 Å². The van der Waals surface area contributed by atoms with Gasteiger partial charge in [-0.1, -0.05) is 12.1 Å². The fourth-order valence-corrected chi connectivity index (χ4v) is 4.80. The Kier molecular flexibility index (Phi) is 8.57. The van der Waals surface area contributed by atoms with Crippen LogP contribution in [0, 0.1) is 0 Å². The number of anilines is 1. The molecule has 1 heterocycles. The van der Waals surface area contributed by atoms with E-state index in [2.05, 4.69) is 5.32 Å². The average Bonchev–Trinajstić information content (AvgIpc) is 3.32. The Labute approximate surface area is 218 Å². The number of amides is 2. The van der Waals surface area contributed by atoms with Crippen LogP contribution in [0.15, 0.2) is 42.5 Å². The van der Waals surface area contributed by atoms with Crippen molar-refractivity contribution >= 4 is 27.5 Å². The second-order valence-electron chi connectivity index (χ2n) is 9.73. The molecule has 202 valence electrons. The third-order valence-corrected chi connectivity index (χ3v) is 7.54. The van der Waals surface area contributed by atoms with E-state index < -0.39 is 34.1 Å². The number of sulfonamides is 1. The molecule has 37 heavy (non-hydrogen) atoms. The molecule has 10 nitrogen and oxygen atoms in total. The summed E-state index contributed by atoms with van der Waals surface area (Å²) in [5, 5.41) is 2.90. The fourth-order valence-electron chi connectivity index (χ4n) is 3.74. The number of fused-ring (bicyclic) bond motifs is 1.